The Morgan fingerprint density at radius 1 is 1.20 bits per heavy atom. The summed E-state index contributed by atoms with van der Waals surface area (Å²) in [6.07, 6.45) is 6.84. The van der Waals surface area contributed by atoms with Gasteiger partial charge in [0.25, 0.3) is 5.91 Å². The molecule has 0 fully saturated rings. The Labute approximate surface area is 146 Å². The molecular formula is C19H20N4O2. The third kappa shape index (κ3) is 4.44. The van der Waals surface area contributed by atoms with Crippen molar-refractivity contribution in [1.29, 1.82) is 0 Å². The summed E-state index contributed by atoms with van der Waals surface area (Å²) in [4.78, 5) is 20.5. The van der Waals surface area contributed by atoms with Crippen molar-refractivity contribution in [1.82, 2.24) is 19.9 Å². The van der Waals surface area contributed by atoms with Crippen molar-refractivity contribution in [3.63, 3.8) is 0 Å². The number of nitrogens with zero attached hydrogens (tertiary/aromatic N) is 3. The van der Waals surface area contributed by atoms with Gasteiger partial charge in [-0.25, -0.2) is 9.97 Å². The highest BCUT2D eigenvalue weighted by Gasteiger charge is 2.07. The number of rotatable bonds is 6. The van der Waals surface area contributed by atoms with Crippen molar-refractivity contribution in [3.05, 3.63) is 72.4 Å². The van der Waals surface area contributed by atoms with Crippen molar-refractivity contribution in [3.8, 4) is 11.6 Å². The molecule has 2 heterocycles. The first-order valence-electron chi connectivity index (χ1n) is 8.10. The summed E-state index contributed by atoms with van der Waals surface area (Å²) in [5, 5.41) is 2.89. The highest BCUT2D eigenvalue weighted by molar-refractivity contribution is 5.93. The fourth-order valence-corrected chi connectivity index (χ4v) is 2.31. The number of hydrogen-bond donors (Lipinski definition) is 1. The fraction of sp³-hybridized carbons (Fsp3) is 0.211. The van der Waals surface area contributed by atoms with Crippen molar-refractivity contribution in [2.75, 3.05) is 0 Å². The molecule has 3 aromatic rings. The second kappa shape index (κ2) is 7.61. The zero-order chi connectivity index (χ0) is 17.6. The lowest BCUT2D eigenvalue weighted by atomic mass is 10.2. The number of benzene rings is 1. The lowest BCUT2D eigenvalue weighted by Crippen LogP contribution is -2.23. The van der Waals surface area contributed by atoms with Crippen LogP contribution in [-0.4, -0.2) is 26.5 Å². The molecule has 0 spiro atoms. The van der Waals surface area contributed by atoms with Gasteiger partial charge in [-0.3, -0.25) is 9.36 Å². The first-order valence-corrected chi connectivity index (χ1v) is 8.10. The fourth-order valence-electron chi connectivity index (χ4n) is 2.31. The highest BCUT2D eigenvalue weighted by Crippen LogP contribution is 2.14. The second-order valence-corrected chi connectivity index (χ2v) is 5.87. The quantitative estimate of drug-likeness (QED) is 0.751. The van der Waals surface area contributed by atoms with E-state index < -0.39 is 0 Å². The van der Waals surface area contributed by atoms with E-state index in [1.54, 1.807) is 41.6 Å². The lowest BCUT2D eigenvalue weighted by molar-refractivity contribution is 0.0950. The molecule has 0 bridgehead atoms. The molecule has 1 amide bonds. The van der Waals surface area contributed by atoms with Crippen molar-refractivity contribution >= 4 is 5.91 Å². The summed E-state index contributed by atoms with van der Waals surface area (Å²) in [6, 6.07) is 11.2. The molecule has 3 rings (SSSR count). The molecule has 0 aliphatic carbocycles. The minimum absolute atomic E-state index is 0.142. The molecule has 0 aliphatic rings. The van der Waals surface area contributed by atoms with E-state index in [1.165, 1.54) is 0 Å². The van der Waals surface area contributed by atoms with Gasteiger partial charge in [0, 0.05) is 25.1 Å². The van der Waals surface area contributed by atoms with Gasteiger partial charge in [0.2, 0.25) is 0 Å². The molecule has 6 heteroatoms. The summed E-state index contributed by atoms with van der Waals surface area (Å²) in [7, 11) is 0. The van der Waals surface area contributed by atoms with Gasteiger partial charge in [-0.15, -0.1) is 0 Å². The standard InChI is InChI=1S/C19H20N4O2/c1-14(2)25-17-6-3-15(4-7-17)11-22-19(24)16-5-8-18(21-12-16)23-10-9-20-13-23/h3-10,12-14H,11H2,1-2H3,(H,22,24). The Bertz CT molecular complexity index is 810. The molecule has 0 aliphatic heterocycles. The first-order chi connectivity index (χ1) is 12.1. The van der Waals surface area contributed by atoms with E-state index in [0.29, 0.717) is 12.1 Å². The van der Waals surface area contributed by atoms with Crippen LogP contribution < -0.4 is 10.1 Å². The number of nitrogens with one attached hydrogen (secondary N) is 1. The van der Waals surface area contributed by atoms with Crippen molar-refractivity contribution in [2.24, 2.45) is 0 Å². The van der Waals surface area contributed by atoms with Crippen LogP contribution in [0.3, 0.4) is 0 Å². The van der Waals surface area contributed by atoms with Crippen LogP contribution in [0.25, 0.3) is 5.82 Å². The molecule has 1 aromatic carbocycles. The maximum atomic E-state index is 12.2. The van der Waals surface area contributed by atoms with Crippen LogP contribution in [0, 0.1) is 0 Å². The van der Waals surface area contributed by atoms with Gasteiger partial charge in [-0.1, -0.05) is 12.1 Å². The molecule has 1 N–H and O–H groups in total. The van der Waals surface area contributed by atoms with Gasteiger partial charge in [0.15, 0.2) is 0 Å². The third-order valence-electron chi connectivity index (χ3n) is 3.53. The summed E-state index contributed by atoms with van der Waals surface area (Å²) >= 11 is 0. The Kier molecular flexibility index (Phi) is 5.09. The molecule has 2 aromatic heterocycles. The van der Waals surface area contributed by atoms with Crippen LogP contribution in [0.4, 0.5) is 0 Å². The van der Waals surface area contributed by atoms with Gasteiger partial charge in [-0.05, 0) is 43.7 Å². The molecule has 0 atom stereocenters. The van der Waals surface area contributed by atoms with Gasteiger partial charge >= 0.3 is 0 Å². The average Bonchev–Trinajstić information content (AvgIpc) is 3.15. The van der Waals surface area contributed by atoms with Crippen molar-refractivity contribution in [2.45, 2.75) is 26.5 Å². The monoisotopic (exact) mass is 336 g/mol. The molecule has 0 radical (unpaired) electrons. The Hall–Kier alpha value is -3.15. The van der Waals surface area contributed by atoms with Crippen LogP contribution in [-0.2, 0) is 6.54 Å². The summed E-state index contributed by atoms with van der Waals surface area (Å²) in [5.41, 5.74) is 1.52. The molecule has 0 saturated heterocycles. The van der Waals surface area contributed by atoms with Crippen LogP contribution in [0.1, 0.15) is 29.8 Å². The molecule has 0 unspecified atom stereocenters. The second-order valence-electron chi connectivity index (χ2n) is 5.87. The van der Waals surface area contributed by atoms with Crippen molar-refractivity contribution < 1.29 is 9.53 Å². The lowest BCUT2D eigenvalue weighted by Gasteiger charge is -2.10. The minimum atomic E-state index is -0.160. The van der Waals surface area contributed by atoms with Crippen LogP contribution in [0.5, 0.6) is 5.75 Å². The van der Waals surface area contributed by atoms with E-state index >= 15 is 0 Å². The number of carbonyl (C=O) groups is 1. The normalized spacial score (nSPS) is 10.7. The number of hydrogen-bond acceptors (Lipinski definition) is 4. The predicted molar refractivity (Wildman–Crippen MR) is 94.7 cm³/mol. The molecular weight excluding hydrogens is 316 g/mol. The van der Waals surface area contributed by atoms with Gasteiger partial charge < -0.3 is 10.1 Å². The summed E-state index contributed by atoms with van der Waals surface area (Å²) in [6.45, 7) is 4.42. The molecule has 0 saturated carbocycles. The zero-order valence-corrected chi connectivity index (χ0v) is 14.2. The predicted octanol–water partition coefficient (Wildman–Crippen LogP) is 2.98. The number of carbonyl (C=O) groups excluding carboxylic acids is 1. The van der Waals surface area contributed by atoms with Crippen LogP contribution in [0.15, 0.2) is 61.3 Å². The third-order valence-corrected chi connectivity index (χ3v) is 3.53. The SMILES string of the molecule is CC(C)Oc1ccc(CNC(=O)c2ccc(-n3ccnc3)nc2)cc1. The van der Waals surface area contributed by atoms with E-state index in [2.05, 4.69) is 15.3 Å². The number of amides is 1. The zero-order valence-electron chi connectivity index (χ0n) is 14.2. The minimum Gasteiger partial charge on any atom is -0.491 e. The van der Waals surface area contributed by atoms with E-state index in [9.17, 15) is 4.79 Å². The van der Waals surface area contributed by atoms with Crippen LogP contribution in [0.2, 0.25) is 0 Å². The number of imidazole rings is 1. The Morgan fingerprint density at radius 3 is 2.60 bits per heavy atom. The van der Waals surface area contributed by atoms with Crippen LogP contribution >= 0.6 is 0 Å². The van der Waals surface area contributed by atoms with E-state index in [1.807, 2.05) is 38.1 Å². The molecule has 128 valence electrons. The first kappa shape index (κ1) is 16.7. The van der Waals surface area contributed by atoms with E-state index in [4.69, 9.17) is 4.74 Å². The maximum absolute atomic E-state index is 12.2. The molecule has 6 nitrogen and oxygen atoms in total. The average molecular weight is 336 g/mol. The summed E-state index contributed by atoms with van der Waals surface area (Å²) in [5.74, 6) is 1.38. The topological polar surface area (TPSA) is 69.0 Å². The maximum Gasteiger partial charge on any atom is 0.253 e. The summed E-state index contributed by atoms with van der Waals surface area (Å²) < 4.78 is 7.38. The molecule has 25 heavy (non-hydrogen) atoms. The number of aromatic nitrogens is 3. The highest BCUT2D eigenvalue weighted by atomic mass is 16.5. The number of ether oxygens (including phenoxy) is 1. The van der Waals surface area contributed by atoms with Gasteiger partial charge in [-0.2, -0.15) is 0 Å². The van der Waals surface area contributed by atoms with E-state index in [0.717, 1.165) is 17.1 Å². The van der Waals surface area contributed by atoms with Gasteiger partial charge in [0.1, 0.15) is 17.9 Å². The van der Waals surface area contributed by atoms with E-state index in [-0.39, 0.29) is 12.0 Å². The largest absolute Gasteiger partial charge is 0.491 e. The smallest absolute Gasteiger partial charge is 0.253 e. The number of pyridine rings is 1. The Morgan fingerprint density at radius 2 is 2.00 bits per heavy atom. The Balaban J connectivity index is 1.57. The van der Waals surface area contributed by atoms with Gasteiger partial charge in [0.05, 0.1) is 11.7 Å².